The summed E-state index contributed by atoms with van der Waals surface area (Å²) in [4.78, 5) is 29.0. The van der Waals surface area contributed by atoms with Crippen LogP contribution in [-0.2, 0) is 11.3 Å². The fraction of sp³-hybridized carbons (Fsp3) is 0.438. The van der Waals surface area contributed by atoms with Crippen LogP contribution in [0, 0.1) is 0 Å². The number of Topliss-reactive ketones (excluding diaryl/α,β-unsaturated/α-hetero) is 1. The van der Waals surface area contributed by atoms with Crippen LogP contribution in [0.25, 0.3) is 10.9 Å². The molecule has 0 saturated carbocycles. The Morgan fingerprint density at radius 2 is 2.29 bits per heavy atom. The van der Waals surface area contributed by atoms with Crippen LogP contribution in [0.1, 0.15) is 19.3 Å². The Bertz CT molecular complexity index is 842. The maximum absolute atomic E-state index is 12.5. The molecule has 2 atom stereocenters. The second-order valence-corrected chi connectivity index (χ2v) is 8.43. The lowest BCUT2D eigenvalue weighted by molar-refractivity contribution is -0.120. The summed E-state index contributed by atoms with van der Waals surface area (Å²) in [5.41, 5.74) is 0.234. The molecule has 2 aromatic rings. The molecule has 1 aliphatic heterocycles. The molecule has 2 unspecified atom stereocenters. The average Bonchev–Trinajstić information content (AvgIpc) is 2.54. The Labute approximate surface area is 156 Å². The molecule has 8 heteroatoms. The van der Waals surface area contributed by atoms with Crippen molar-refractivity contribution in [3.05, 3.63) is 38.3 Å². The third kappa shape index (κ3) is 3.85. The summed E-state index contributed by atoms with van der Waals surface area (Å²) >= 11 is 11.0. The minimum Gasteiger partial charge on any atom is -0.392 e. The van der Waals surface area contributed by atoms with E-state index in [0.717, 1.165) is 18.6 Å². The number of rotatable bonds is 4. The zero-order valence-electron chi connectivity index (χ0n) is 12.7. The second kappa shape index (κ2) is 7.56. The van der Waals surface area contributed by atoms with E-state index >= 15 is 0 Å². The van der Waals surface area contributed by atoms with Gasteiger partial charge in [-0.05, 0) is 46.7 Å². The Morgan fingerprint density at radius 3 is 3.04 bits per heavy atom. The standard InChI is InChI=1S/C16H16BrClN2O3S/c17-11-6-13-10(5-12(11)18)16(23)20(8-19-13)7-9(21)4-15-14(22)2-1-3-24-15/h5-6,8,14-15,22H,1-4,7H2. The molecule has 1 N–H and O–H groups in total. The summed E-state index contributed by atoms with van der Waals surface area (Å²) in [6.45, 7) is -0.0424. The first kappa shape index (κ1) is 17.9. The van der Waals surface area contributed by atoms with E-state index in [2.05, 4.69) is 20.9 Å². The maximum Gasteiger partial charge on any atom is 0.261 e. The Morgan fingerprint density at radius 1 is 1.50 bits per heavy atom. The van der Waals surface area contributed by atoms with Crippen molar-refractivity contribution >= 4 is 56.0 Å². The predicted octanol–water partition coefficient (Wildman–Crippen LogP) is 3.03. The van der Waals surface area contributed by atoms with Crippen LogP contribution < -0.4 is 5.56 Å². The molecule has 1 saturated heterocycles. The highest BCUT2D eigenvalue weighted by Gasteiger charge is 2.26. The van der Waals surface area contributed by atoms with Crippen molar-refractivity contribution < 1.29 is 9.90 Å². The van der Waals surface area contributed by atoms with Crippen molar-refractivity contribution in [2.75, 3.05) is 5.75 Å². The molecule has 0 bridgehead atoms. The number of carbonyl (C=O) groups excluding carboxylic acids is 1. The van der Waals surface area contributed by atoms with E-state index in [9.17, 15) is 14.7 Å². The molecule has 1 fully saturated rings. The number of carbonyl (C=O) groups is 1. The topological polar surface area (TPSA) is 72.2 Å². The molecule has 1 aromatic heterocycles. The number of halogens is 2. The van der Waals surface area contributed by atoms with Gasteiger partial charge in [0.2, 0.25) is 0 Å². The summed E-state index contributed by atoms with van der Waals surface area (Å²) < 4.78 is 1.97. The number of benzene rings is 1. The lowest BCUT2D eigenvalue weighted by Gasteiger charge is -2.26. The van der Waals surface area contributed by atoms with Gasteiger partial charge in [0, 0.05) is 16.1 Å². The maximum atomic E-state index is 12.5. The van der Waals surface area contributed by atoms with Crippen molar-refractivity contribution in [2.45, 2.75) is 37.2 Å². The van der Waals surface area contributed by atoms with E-state index < -0.39 is 6.10 Å². The van der Waals surface area contributed by atoms with Gasteiger partial charge in [0.05, 0.1) is 34.9 Å². The Hall–Kier alpha value is -0.890. The number of aliphatic hydroxyl groups excluding tert-OH is 1. The molecule has 1 aromatic carbocycles. The van der Waals surface area contributed by atoms with Crippen LogP contribution in [0.15, 0.2) is 27.7 Å². The van der Waals surface area contributed by atoms with Gasteiger partial charge in [0.1, 0.15) is 0 Å². The molecule has 5 nitrogen and oxygen atoms in total. The number of fused-ring (bicyclic) bond motifs is 1. The van der Waals surface area contributed by atoms with Crippen LogP contribution in [-0.4, -0.2) is 37.5 Å². The van der Waals surface area contributed by atoms with Crippen LogP contribution in [0.4, 0.5) is 0 Å². The fourth-order valence-electron chi connectivity index (χ4n) is 2.76. The van der Waals surface area contributed by atoms with E-state index in [-0.39, 0.29) is 29.6 Å². The fourth-order valence-corrected chi connectivity index (χ4v) is 4.56. The van der Waals surface area contributed by atoms with Gasteiger partial charge >= 0.3 is 0 Å². The first-order valence-corrected chi connectivity index (χ1v) is 9.83. The Balaban J connectivity index is 1.79. The largest absolute Gasteiger partial charge is 0.392 e. The molecular formula is C16H16BrClN2O3S. The second-order valence-electron chi connectivity index (χ2n) is 5.82. The van der Waals surface area contributed by atoms with Gasteiger partial charge in [0.25, 0.3) is 5.56 Å². The lowest BCUT2D eigenvalue weighted by Crippen LogP contribution is -2.32. The molecule has 0 aliphatic carbocycles. The zero-order valence-corrected chi connectivity index (χ0v) is 15.9. The van der Waals surface area contributed by atoms with Gasteiger partial charge in [-0.1, -0.05) is 11.6 Å². The van der Waals surface area contributed by atoms with Gasteiger partial charge in [-0.3, -0.25) is 14.2 Å². The quantitative estimate of drug-likeness (QED) is 0.805. The normalized spacial score (nSPS) is 21.1. The van der Waals surface area contributed by atoms with Crippen LogP contribution >= 0.6 is 39.3 Å². The third-order valence-electron chi connectivity index (χ3n) is 4.05. The van der Waals surface area contributed by atoms with Gasteiger partial charge in [0.15, 0.2) is 5.78 Å². The van der Waals surface area contributed by atoms with Crippen molar-refractivity contribution in [3.63, 3.8) is 0 Å². The van der Waals surface area contributed by atoms with Crippen molar-refractivity contribution in [3.8, 4) is 0 Å². The first-order valence-electron chi connectivity index (χ1n) is 7.61. The van der Waals surface area contributed by atoms with Gasteiger partial charge < -0.3 is 5.11 Å². The molecule has 1 aliphatic rings. The summed E-state index contributed by atoms with van der Waals surface area (Å²) in [5.74, 6) is 0.875. The highest BCUT2D eigenvalue weighted by atomic mass is 79.9. The minimum absolute atomic E-state index is 0.0424. The average molecular weight is 432 g/mol. The molecular weight excluding hydrogens is 416 g/mol. The number of thioether (sulfide) groups is 1. The van der Waals surface area contributed by atoms with Gasteiger partial charge in [-0.2, -0.15) is 11.8 Å². The number of aromatic nitrogens is 2. The van der Waals surface area contributed by atoms with Crippen LogP contribution in [0.5, 0.6) is 0 Å². The zero-order chi connectivity index (χ0) is 17.3. The van der Waals surface area contributed by atoms with E-state index in [4.69, 9.17) is 11.6 Å². The number of aliphatic hydroxyl groups is 1. The number of hydrogen-bond acceptors (Lipinski definition) is 5. The number of hydrogen-bond donors (Lipinski definition) is 1. The van der Waals surface area contributed by atoms with E-state index in [1.807, 2.05) is 0 Å². The minimum atomic E-state index is -0.449. The highest BCUT2D eigenvalue weighted by Crippen LogP contribution is 2.28. The summed E-state index contributed by atoms with van der Waals surface area (Å²) in [5, 5.41) is 10.7. The van der Waals surface area contributed by atoms with E-state index in [1.54, 1.807) is 23.9 Å². The molecule has 128 valence electrons. The predicted molar refractivity (Wildman–Crippen MR) is 99.8 cm³/mol. The van der Waals surface area contributed by atoms with E-state index in [1.165, 1.54) is 10.9 Å². The molecule has 0 amide bonds. The van der Waals surface area contributed by atoms with E-state index in [0.29, 0.717) is 20.4 Å². The van der Waals surface area contributed by atoms with Gasteiger partial charge in [-0.15, -0.1) is 0 Å². The molecule has 3 rings (SSSR count). The number of ketones is 1. The van der Waals surface area contributed by atoms with Crippen molar-refractivity contribution in [1.82, 2.24) is 9.55 Å². The summed E-state index contributed by atoms with van der Waals surface area (Å²) in [6.07, 6.45) is 2.90. The SMILES string of the molecule is O=C(CC1SCCCC1O)Cn1cnc2cc(Br)c(Cl)cc2c1=O. The summed E-state index contributed by atoms with van der Waals surface area (Å²) in [7, 11) is 0. The highest BCUT2D eigenvalue weighted by molar-refractivity contribution is 9.10. The molecule has 24 heavy (non-hydrogen) atoms. The van der Waals surface area contributed by atoms with Crippen LogP contribution in [0.2, 0.25) is 5.02 Å². The first-order chi connectivity index (χ1) is 11.5. The van der Waals surface area contributed by atoms with Crippen LogP contribution in [0.3, 0.4) is 0 Å². The number of nitrogens with zero attached hydrogens (tertiary/aromatic N) is 2. The monoisotopic (exact) mass is 430 g/mol. The Kier molecular flexibility index (Phi) is 5.64. The van der Waals surface area contributed by atoms with Gasteiger partial charge in [-0.25, -0.2) is 4.98 Å². The van der Waals surface area contributed by atoms with Crippen molar-refractivity contribution in [2.24, 2.45) is 0 Å². The summed E-state index contributed by atoms with van der Waals surface area (Å²) in [6, 6.07) is 3.23. The molecule has 0 radical (unpaired) electrons. The third-order valence-corrected chi connectivity index (χ3v) is 6.68. The molecule has 0 spiro atoms. The van der Waals surface area contributed by atoms with Crippen molar-refractivity contribution in [1.29, 1.82) is 0 Å². The lowest BCUT2D eigenvalue weighted by atomic mass is 10.1. The smallest absolute Gasteiger partial charge is 0.261 e. The molecule has 2 heterocycles.